The summed E-state index contributed by atoms with van der Waals surface area (Å²) in [5.74, 6) is 0. The van der Waals surface area contributed by atoms with Crippen LogP contribution in [-0.2, 0) is 0 Å². The number of aromatic nitrogens is 4. The third-order valence-electron chi connectivity index (χ3n) is 6.82. The molecule has 0 saturated carbocycles. The lowest BCUT2D eigenvalue weighted by Crippen LogP contribution is -1.93. The molecule has 32 heavy (non-hydrogen) atoms. The normalized spacial score (nSPS) is 12.4. The van der Waals surface area contributed by atoms with Gasteiger partial charge in [0.2, 0.25) is 0 Å². The van der Waals surface area contributed by atoms with Crippen LogP contribution < -0.4 is 0 Å². The molecule has 0 fully saturated rings. The number of para-hydroxylation sites is 2. The Balaban J connectivity index is 1.64. The smallest absolute Gasteiger partial charge is 0.0725 e. The van der Waals surface area contributed by atoms with Gasteiger partial charge in [0, 0.05) is 50.4 Å². The molecule has 8 rings (SSSR count). The molecule has 4 heteroatoms. The van der Waals surface area contributed by atoms with Crippen molar-refractivity contribution in [1.82, 2.24) is 18.9 Å². The molecule has 5 heterocycles. The second kappa shape index (κ2) is 5.62. The third kappa shape index (κ3) is 1.84. The molecule has 3 aromatic carbocycles. The minimum atomic E-state index is 1.12. The molecule has 0 aliphatic carbocycles. The van der Waals surface area contributed by atoms with Gasteiger partial charge in [-0.2, -0.15) is 0 Å². The second-order valence-corrected chi connectivity index (χ2v) is 8.38. The van der Waals surface area contributed by atoms with Gasteiger partial charge in [0.1, 0.15) is 0 Å². The minimum Gasteiger partial charge on any atom is -0.309 e. The quantitative estimate of drug-likeness (QED) is 0.302. The molecule has 4 nitrogen and oxygen atoms in total. The van der Waals surface area contributed by atoms with Crippen LogP contribution in [0.5, 0.6) is 0 Å². The van der Waals surface area contributed by atoms with Crippen molar-refractivity contribution >= 4 is 59.9 Å². The fourth-order valence-corrected chi connectivity index (χ4v) is 5.56. The van der Waals surface area contributed by atoms with Crippen LogP contribution in [0, 0.1) is 0 Å². The molecule has 148 valence electrons. The predicted octanol–water partition coefficient (Wildman–Crippen LogP) is 6.72. The fourth-order valence-electron chi connectivity index (χ4n) is 5.56. The van der Waals surface area contributed by atoms with Crippen LogP contribution in [-0.4, -0.2) is 18.9 Å². The van der Waals surface area contributed by atoms with Crippen molar-refractivity contribution in [3.05, 3.63) is 97.6 Å². The van der Waals surface area contributed by atoms with E-state index in [2.05, 4.69) is 91.7 Å². The van der Waals surface area contributed by atoms with E-state index in [1.807, 2.05) is 24.8 Å². The monoisotopic (exact) mass is 408 g/mol. The number of nitrogens with zero attached hydrogens (tertiary/aromatic N) is 4. The first-order chi connectivity index (χ1) is 15.9. The first-order valence-electron chi connectivity index (χ1n) is 10.8. The van der Waals surface area contributed by atoms with Crippen molar-refractivity contribution in [2.75, 3.05) is 0 Å². The van der Waals surface area contributed by atoms with E-state index in [-0.39, 0.29) is 0 Å². The average Bonchev–Trinajstić information content (AvgIpc) is 3.48. The maximum Gasteiger partial charge on any atom is 0.0725 e. The number of fused-ring (bicyclic) bond motifs is 9. The predicted molar refractivity (Wildman–Crippen MR) is 131 cm³/mol. The van der Waals surface area contributed by atoms with Crippen molar-refractivity contribution in [1.29, 1.82) is 0 Å². The topological polar surface area (TPSA) is 35.1 Å². The summed E-state index contributed by atoms with van der Waals surface area (Å²) in [6.45, 7) is 0. The Morgan fingerprint density at radius 3 is 1.56 bits per heavy atom. The molecule has 0 atom stereocenters. The lowest BCUT2D eigenvalue weighted by molar-refractivity contribution is 1.19. The van der Waals surface area contributed by atoms with Crippen LogP contribution >= 0.6 is 0 Å². The van der Waals surface area contributed by atoms with Gasteiger partial charge in [0.25, 0.3) is 0 Å². The van der Waals surface area contributed by atoms with Crippen molar-refractivity contribution in [2.24, 2.45) is 0 Å². The highest BCUT2D eigenvalue weighted by molar-refractivity contribution is 6.24. The molecule has 0 spiro atoms. The molecule has 8 aromatic rings. The van der Waals surface area contributed by atoms with Gasteiger partial charge in [0.05, 0.1) is 40.0 Å². The lowest BCUT2D eigenvalue weighted by atomic mass is 10.1. The van der Waals surface area contributed by atoms with E-state index in [0.29, 0.717) is 0 Å². The van der Waals surface area contributed by atoms with Gasteiger partial charge in [-0.05, 0) is 36.4 Å². The summed E-state index contributed by atoms with van der Waals surface area (Å²) in [6.07, 6.45) is 7.68. The summed E-state index contributed by atoms with van der Waals surface area (Å²) in [6, 6.07) is 26.2. The van der Waals surface area contributed by atoms with Gasteiger partial charge in [-0.1, -0.05) is 36.4 Å². The van der Waals surface area contributed by atoms with E-state index >= 15 is 0 Å². The zero-order valence-corrected chi connectivity index (χ0v) is 17.0. The van der Waals surface area contributed by atoms with Crippen molar-refractivity contribution in [3.8, 4) is 5.69 Å². The van der Waals surface area contributed by atoms with Crippen molar-refractivity contribution in [2.45, 2.75) is 0 Å². The zero-order valence-electron chi connectivity index (χ0n) is 17.0. The largest absolute Gasteiger partial charge is 0.309 e. The summed E-state index contributed by atoms with van der Waals surface area (Å²) in [7, 11) is 0. The van der Waals surface area contributed by atoms with Crippen molar-refractivity contribution in [3.63, 3.8) is 0 Å². The Hall–Kier alpha value is -4.44. The Morgan fingerprint density at radius 2 is 1.00 bits per heavy atom. The number of benzene rings is 3. The van der Waals surface area contributed by atoms with E-state index < -0.39 is 0 Å². The van der Waals surface area contributed by atoms with E-state index in [1.165, 1.54) is 54.6 Å². The summed E-state index contributed by atoms with van der Waals surface area (Å²) < 4.78 is 4.70. The Kier molecular flexibility index (Phi) is 2.86. The Morgan fingerprint density at radius 1 is 0.500 bits per heavy atom. The van der Waals surface area contributed by atoms with Gasteiger partial charge in [-0.25, -0.2) is 0 Å². The zero-order chi connectivity index (χ0) is 20.8. The number of hydrogen-bond donors (Lipinski definition) is 0. The van der Waals surface area contributed by atoms with E-state index in [9.17, 15) is 0 Å². The Bertz CT molecular complexity index is 1850. The lowest BCUT2D eigenvalue weighted by Gasteiger charge is -2.09. The molecule has 0 radical (unpaired) electrons. The van der Waals surface area contributed by atoms with Gasteiger partial charge >= 0.3 is 0 Å². The Labute approximate surface area is 182 Å². The SMILES string of the molecule is c1ccc2c(c1)c1ccccc1n2-c1cc2c3ccncc3n3c4cnccc4c(c1)c23. The number of rotatable bonds is 1. The maximum absolute atomic E-state index is 4.42. The maximum atomic E-state index is 4.42. The highest BCUT2D eigenvalue weighted by Crippen LogP contribution is 2.41. The summed E-state index contributed by atoms with van der Waals surface area (Å²) in [5.41, 5.74) is 7.09. The second-order valence-electron chi connectivity index (χ2n) is 8.38. The van der Waals surface area contributed by atoms with Gasteiger partial charge < -0.3 is 8.97 Å². The minimum absolute atomic E-state index is 1.12. The molecule has 0 aliphatic heterocycles. The highest BCUT2D eigenvalue weighted by Gasteiger charge is 2.20. The average molecular weight is 408 g/mol. The van der Waals surface area contributed by atoms with Crippen LogP contribution in [0.4, 0.5) is 0 Å². The van der Waals surface area contributed by atoms with Crippen LogP contribution in [0.15, 0.2) is 97.6 Å². The highest BCUT2D eigenvalue weighted by atomic mass is 15.0. The first kappa shape index (κ1) is 16.3. The summed E-state index contributed by atoms with van der Waals surface area (Å²) >= 11 is 0. The fraction of sp³-hybridized carbons (Fsp3) is 0. The van der Waals surface area contributed by atoms with Gasteiger partial charge in [0.15, 0.2) is 0 Å². The standard InChI is InChI=1S/C28H16N4/c1-3-7-24-18(5-1)19-6-2-4-8-25(19)31(24)17-13-22-20-9-11-29-15-26(20)32-27-16-30-12-10-21(27)23(14-17)28(22)32/h1-16H. The first-order valence-corrected chi connectivity index (χ1v) is 10.8. The molecule has 0 amide bonds. The molecule has 5 aromatic heterocycles. The molecular formula is C28H16N4. The number of pyridine rings is 2. The summed E-state index contributed by atoms with van der Waals surface area (Å²) in [5, 5.41) is 7.47. The van der Waals surface area contributed by atoms with E-state index in [4.69, 9.17) is 0 Å². The van der Waals surface area contributed by atoms with Crippen LogP contribution in [0.25, 0.3) is 65.6 Å². The molecular weight excluding hydrogens is 392 g/mol. The van der Waals surface area contributed by atoms with Crippen molar-refractivity contribution < 1.29 is 0 Å². The number of hydrogen-bond acceptors (Lipinski definition) is 2. The molecule has 0 aliphatic rings. The van der Waals surface area contributed by atoms with Crippen LogP contribution in [0.3, 0.4) is 0 Å². The molecule has 0 saturated heterocycles. The third-order valence-corrected chi connectivity index (χ3v) is 6.82. The van der Waals surface area contributed by atoms with Crippen LogP contribution in [0.2, 0.25) is 0 Å². The van der Waals surface area contributed by atoms with E-state index in [0.717, 1.165) is 11.0 Å². The van der Waals surface area contributed by atoms with Gasteiger partial charge in [-0.3, -0.25) is 9.97 Å². The van der Waals surface area contributed by atoms with Crippen LogP contribution in [0.1, 0.15) is 0 Å². The van der Waals surface area contributed by atoms with E-state index in [1.54, 1.807) is 0 Å². The molecule has 0 bridgehead atoms. The molecule has 0 N–H and O–H groups in total. The molecule has 0 unspecified atom stereocenters. The summed E-state index contributed by atoms with van der Waals surface area (Å²) in [4.78, 5) is 8.84. The van der Waals surface area contributed by atoms with Gasteiger partial charge in [-0.15, -0.1) is 0 Å².